The molecule has 0 radical (unpaired) electrons. The molecule has 0 unspecified atom stereocenters. The fourth-order valence-electron chi connectivity index (χ4n) is 3.54. The van der Waals surface area contributed by atoms with Gasteiger partial charge in [-0.2, -0.15) is 0 Å². The molecule has 4 nitrogen and oxygen atoms in total. The van der Waals surface area contributed by atoms with Crippen LogP contribution in [0.5, 0.6) is 0 Å². The number of carbonyl (C=O) groups is 1. The summed E-state index contributed by atoms with van der Waals surface area (Å²) in [4.78, 5) is 17.3. The van der Waals surface area contributed by atoms with E-state index in [2.05, 4.69) is 30.9 Å². The Kier molecular flexibility index (Phi) is 7.91. The Balaban J connectivity index is 1.93. The summed E-state index contributed by atoms with van der Waals surface area (Å²) in [6, 6.07) is 10.7. The Morgan fingerprint density at radius 1 is 1.20 bits per heavy atom. The van der Waals surface area contributed by atoms with Crippen LogP contribution in [0.2, 0.25) is 0 Å². The van der Waals surface area contributed by atoms with Gasteiger partial charge in [-0.3, -0.25) is 4.79 Å². The predicted octanol–water partition coefficient (Wildman–Crippen LogP) is 3.15. The van der Waals surface area contributed by atoms with E-state index in [0.29, 0.717) is 31.5 Å². The molecule has 1 amide bonds. The molecule has 1 atom stereocenters. The van der Waals surface area contributed by atoms with Crippen molar-refractivity contribution in [2.45, 2.75) is 52.6 Å². The first-order valence-corrected chi connectivity index (χ1v) is 9.66. The molecule has 0 aromatic heterocycles. The fourth-order valence-corrected chi connectivity index (χ4v) is 3.54. The minimum Gasteiger partial charge on any atom is -0.396 e. The van der Waals surface area contributed by atoms with Gasteiger partial charge in [-0.1, -0.05) is 37.3 Å². The Morgan fingerprint density at radius 3 is 2.40 bits per heavy atom. The number of aliphatic hydroxyl groups is 1. The van der Waals surface area contributed by atoms with Crippen molar-refractivity contribution in [2.75, 3.05) is 26.2 Å². The molecule has 0 bridgehead atoms. The molecule has 1 heterocycles. The van der Waals surface area contributed by atoms with Crippen molar-refractivity contribution in [3.63, 3.8) is 0 Å². The second-order valence-electron chi connectivity index (χ2n) is 7.82. The summed E-state index contributed by atoms with van der Waals surface area (Å²) in [5.41, 5.74) is 1.15. The highest BCUT2D eigenvalue weighted by molar-refractivity contribution is 5.76. The molecule has 1 fully saturated rings. The third kappa shape index (κ3) is 6.44. The van der Waals surface area contributed by atoms with Crippen molar-refractivity contribution < 1.29 is 9.90 Å². The van der Waals surface area contributed by atoms with Crippen LogP contribution in [-0.2, 0) is 11.3 Å². The summed E-state index contributed by atoms with van der Waals surface area (Å²) in [7, 11) is 0. The van der Waals surface area contributed by atoms with Gasteiger partial charge in [-0.25, -0.2) is 0 Å². The normalized spacial score (nSPS) is 17.6. The van der Waals surface area contributed by atoms with E-state index in [4.69, 9.17) is 0 Å². The first-order valence-electron chi connectivity index (χ1n) is 9.66. The van der Waals surface area contributed by atoms with E-state index in [1.54, 1.807) is 0 Å². The standard InChI is InChI=1S/C21H34N2O2/c1-17(2)22-11-9-19(10-12-22)13-21(25)23(14-18(3)16-24)15-20-7-5-4-6-8-20/h4-8,17-19,24H,9-16H2,1-3H3/t18-/m0/s1. The van der Waals surface area contributed by atoms with Gasteiger partial charge >= 0.3 is 0 Å². The molecule has 1 saturated heterocycles. The molecule has 1 aromatic carbocycles. The molecular formula is C21H34N2O2. The zero-order chi connectivity index (χ0) is 18.2. The predicted molar refractivity (Wildman–Crippen MR) is 102 cm³/mol. The summed E-state index contributed by atoms with van der Waals surface area (Å²) in [6.07, 6.45) is 2.86. The number of hydrogen-bond donors (Lipinski definition) is 1. The molecule has 1 aliphatic rings. The Hall–Kier alpha value is -1.39. The minimum absolute atomic E-state index is 0.107. The number of carbonyl (C=O) groups excluding carboxylic acids is 1. The van der Waals surface area contributed by atoms with Crippen molar-refractivity contribution in [3.05, 3.63) is 35.9 Å². The van der Waals surface area contributed by atoms with E-state index in [9.17, 15) is 9.90 Å². The Bertz CT molecular complexity index is 510. The molecule has 1 aromatic rings. The number of hydrogen-bond acceptors (Lipinski definition) is 3. The number of likely N-dealkylation sites (tertiary alicyclic amines) is 1. The van der Waals surface area contributed by atoms with E-state index >= 15 is 0 Å². The molecule has 140 valence electrons. The van der Waals surface area contributed by atoms with Gasteiger partial charge in [-0.15, -0.1) is 0 Å². The van der Waals surface area contributed by atoms with Crippen LogP contribution in [0.1, 0.15) is 45.6 Å². The molecule has 1 aliphatic heterocycles. The highest BCUT2D eigenvalue weighted by Gasteiger charge is 2.25. The van der Waals surface area contributed by atoms with E-state index in [-0.39, 0.29) is 18.4 Å². The lowest BCUT2D eigenvalue weighted by atomic mass is 9.92. The maximum absolute atomic E-state index is 12.9. The van der Waals surface area contributed by atoms with Crippen LogP contribution in [0.4, 0.5) is 0 Å². The number of benzene rings is 1. The van der Waals surface area contributed by atoms with Crippen LogP contribution in [0.25, 0.3) is 0 Å². The highest BCUT2D eigenvalue weighted by atomic mass is 16.3. The third-order valence-electron chi connectivity index (χ3n) is 5.26. The van der Waals surface area contributed by atoms with Gasteiger partial charge in [0.05, 0.1) is 0 Å². The average molecular weight is 347 g/mol. The lowest BCUT2D eigenvalue weighted by Gasteiger charge is -2.35. The molecule has 0 saturated carbocycles. The summed E-state index contributed by atoms with van der Waals surface area (Å²) in [5, 5.41) is 9.39. The van der Waals surface area contributed by atoms with Crippen LogP contribution in [0.15, 0.2) is 30.3 Å². The van der Waals surface area contributed by atoms with Crippen LogP contribution in [0.3, 0.4) is 0 Å². The molecule has 1 N–H and O–H groups in total. The van der Waals surface area contributed by atoms with Gasteiger partial charge in [0.1, 0.15) is 0 Å². The molecule has 25 heavy (non-hydrogen) atoms. The van der Waals surface area contributed by atoms with Gasteiger partial charge in [0.2, 0.25) is 5.91 Å². The minimum atomic E-state index is 0.107. The molecular weight excluding hydrogens is 312 g/mol. The van der Waals surface area contributed by atoms with Crippen LogP contribution >= 0.6 is 0 Å². The quantitative estimate of drug-likeness (QED) is 0.786. The lowest BCUT2D eigenvalue weighted by Crippen LogP contribution is -2.41. The Morgan fingerprint density at radius 2 is 1.84 bits per heavy atom. The third-order valence-corrected chi connectivity index (χ3v) is 5.26. The van der Waals surface area contributed by atoms with Gasteiger partial charge in [0, 0.05) is 32.2 Å². The van der Waals surface area contributed by atoms with Crippen LogP contribution < -0.4 is 0 Å². The van der Waals surface area contributed by atoms with Crippen molar-refractivity contribution >= 4 is 5.91 Å². The van der Waals surface area contributed by atoms with Crippen molar-refractivity contribution in [2.24, 2.45) is 11.8 Å². The lowest BCUT2D eigenvalue weighted by molar-refractivity contribution is -0.134. The zero-order valence-corrected chi connectivity index (χ0v) is 16.0. The van der Waals surface area contributed by atoms with Crippen molar-refractivity contribution in [3.8, 4) is 0 Å². The second kappa shape index (κ2) is 9.93. The average Bonchev–Trinajstić information content (AvgIpc) is 2.62. The summed E-state index contributed by atoms with van der Waals surface area (Å²) in [5.74, 6) is 0.827. The number of nitrogens with zero attached hydrogens (tertiary/aromatic N) is 2. The van der Waals surface area contributed by atoms with E-state index in [1.165, 1.54) is 0 Å². The van der Waals surface area contributed by atoms with E-state index in [0.717, 1.165) is 31.5 Å². The topological polar surface area (TPSA) is 43.8 Å². The smallest absolute Gasteiger partial charge is 0.223 e. The fraction of sp³-hybridized carbons (Fsp3) is 0.667. The highest BCUT2D eigenvalue weighted by Crippen LogP contribution is 2.23. The molecule has 4 heteroatoms. The van der Waals surface area contributed by atoms with E-state index in [1.807, 2.05) is 30.0 Å². The maximum Gasteiger partial charge on any atom is 0.223 e. The van der Waals surface area contributed by atoms with Crippen molar-refractivity contribution in [1.29, 1.82) is 0 Å². The first kappa shape index (κ1) is 19.9. The first-order chi connectivity index (χ1) is 12.0. The van der Waals surface area contributed by atoms with Crippen LogP contribution in [-0.4, -0.2) is 53.1 Å². The number of aliphatic hydroxyl groups excluding tert-OH is 1. The van der Waals surface area contributed by atoms with E-state index < -0.39 is 0 Å². The number of rotatable bonds is 8. The van der Waals surface area contributed by atoms with Gasteiger partial charge in [0.15, 0.2) is 0 Å². The number of piperidine rings is 1. The van der Waals surface area contributed by atoms with Crippen molar-refractivity contribution in [1.82, 2.24) is 9.80 Å². The van der Waals surface area contributed by atoms with Gasteiger partial charge < -0.3 is 14.9 Å². The SMILES string of the molecule is CC(C)N1CCC(CC(=O)N(Cc2ccccc2)C[C@H](C)CO)CC1. The Labute approximate surface area is 152 Å². The second-order valence-corrected chi connectivity index (χ2v) is 7.82. The number of amides is 1. The zero-order valence-electron chi connectivity index (χ0n) is 16.0. The van der Waals surface area contributed by atoms with Gasteiger partial charge in [-0.05, 0) is 57.2 Å². The van der Waals surface area contributed by atoms with Crippen LogP contribution in [0, 0.1) is 11.8 Å². The largest absolute Gasteiger partial charge is 0.396 e. The summed E-state index contributed by atoms with van der Waals surface area (Å²) >= 11 is 0. The molecule has 0 spiro atoms. The summed E-state index contributed by atoms with van der Waals surface area (Å²) < 4.78 is 0. The monoisotopic (exact) mass is 346 g/mol. The molecule has 0 aliphatic carbocycles. The molecule has 2 rings (SSSR count). The summed E-state index contributed by atoms with van der Waals surface area (Å²) in [6.45, 7) is 10.0. The van der Waals surface area contributed by atoms with Gasteiger partial charge in [0.25, 0.3) is 0 Å². The maximum atomic E-state index is 12.9.